The molecule has 4 aromatic carbocycles. The summed E-state index contributed by atoms with van der Waals surface area (Å²) in [4.78, 5) is 39.6. The molecular formula is C29H19ClF3NO4. The lowest BCUT2D eigenvalue weighted by molar-refractivity contribution is -0.137. The van der Waals surface area contributed by atoms with Crippen LogP contribution in [-0.4, -0.2) is 17.7 Å². The van der Waals surface area contributed by atoms with Gasteiger partial charge >= 0.3 is 12.1 Å². The van der Waals surface area contributed by atoms with Crippen molar-refractivity contribution in [1.82, 2.24) is 0 Å². The van der Waals surface area contributed by atoms with Gasteiger partial charge in [0.2, 0.25) is 6.10 Å². The highest BCUT2D eigenvalue weighted by atomic mass is 35.5. The van der Waals surface area contributed by atoms with E-state index in [0.717, 1.165) is 12.1 Å². The van der Waals surface area contributed by atoms with Crippen LogP contribution >= 0.6 is 11.6 Å². The maximum absolute atomic E-state index is 13.3. The monoisotopic (exact) mass is 537 g/mol. The molecule has 0 fully saturated rings. The molecule has 1 amide bonds. The summed E-state index contributed by atoms with van der Waals surface area (Å²) in [5.41, 5.74) is -0.719. The van der Waals surface area contributed by atoms with E-state index in [1.165, 1.54) is 24.3 Å². The van der Waals surface area contributed by atoms with Gasteiger partial charge in [0.15, 0.2) is 5.78 Å². The van der Waals surface area contributed by atoms with Crippen molar-refractivity contribution < 1.29 is 32.3 Å². The molecule has 4 aromatic rings. The fourth-order valence-electron chi connectivity index (χ4n) is 3.67. The Morgan fingerprint density at radius 2 is 1.34 bits per heavy atom. The summed E-state index contributed by atoms with van der Waals surface area (Å²) in [5, 5.41) is 2.19. The predicted molar refractivity (Wildman–Crippen MR) is 136 cm³/mol. The second-order valence-electron chi connectivity index (χ2n) is 8.12. The van der Waals surface area contributed by atoms with Crippen LogP contribution in [0.15, 0.2) is 103 Å². The van der Waals surface area contributed by atoms with Gasteiger partial charge in [-0.05, 0) is 24.3 Å². The molecule has 38 heavy (non-hydrogen) atoms. The van der Waals surface area contributed by atoms with Crippen molar-refractivity contribution in [2.75, 3.05) is 5.32 Å². The number of esters is 1. The number of nitrogens with one attached hydrogen (secondary N) is 1. The maximum Gasteiger partial charge on any atom is 0.416 e. The third-order valence-corrected chi connectivity index (χ3v) is 5.87. The highest BCUT2D eigenvalue weighted by Crippen LogP contribution is 2.34. The summed E-state index contributed by atoms with van der Waals surface area (Å²) in [7, 11) is 0. The predicted octanol–water partition coefficient (Wildman–Crippen LogP) is 7.13. The normalized spacial score (nSPS) is 11.9. The van der Waals surface area contributed by atoms with E-state index in [0.29, 0.717) is 11.6 Å². The largest absolute Gasteiger partial charge is 0.444 e. The lowest BCUT2D eigenvalue weighted by Gasteiger charge is -2.20. The highest BCUT2D eigenvalue weighted by Gasteiger charge is 2.32. The van der Waals surface area contributed by atoms with Crippen molar-refractivity contribution in [2.24, 2.45) is 0 Å². The van der Waals surface area contributed by atoms with Crippen LogP contribution in [0, 0.1) is 0 Å². The molecule has 0 aliphatic heterocycles. The Labute approximate surface area is 220 Å². The van der Waals surface area contributed by atoms with Crippen LogP contribution < -0.4 is 5.32 Å². The third kappa shape index (κ3) is 6.10. The Kier molecular flexibility index (Phi) is 7.93. The average molecular weight is 538 g/mol. The number of ether oxygens (including phenoxy) is 1. The van der Waals surface area contributed by atoms with Crippen LogP contribution in [0.3, 0.4) is 0 Å². The van der Waals surface area contributed by atoms with Crippen LogP contribution in [0.4, 0.5) is 18.9 Å². The second kappa shape index (κ2) is 11.3. The molecule has 0 aliphatic carbocycles. The Hall–Kier alpha value is -4.43. The number of carbonyl (C=O) groups excluding carboxylic acids is 3. The second-order valence-corrected chi connectivity index (χ2v) is 8.53. The molecule has 192 valence electrons. The van der Waals surface area contributed by atoms with Gasteiger partial charge in [0.1, 0.15) is 0 Å². The Morgan fingerprint density at radius 3 is 1.97 bits per heavy atom. The minimum Gasteiger partial charge on any atom is -0.444 e. The molecule has 1 N–H and O–H groups in total. The Morgan fingerprint density at radius 1 is 0.763 bits per heavy atom. The third-order valence-electron chi connectivity index (χ3n) is 5.54. The van der Waals surface area contributed by atoms with Gasteiger partial charge in [-0.25, -0.2) is 4.79 Å². The fourth-order valence-corrected chi connectivity index (χ4v) is 3.84. The van der Waals surface area contributed by atoms with Crippen LogP contribution in [0.1, 0.15) is 43.5 Å². The van der Waals surface area contributed by atoms with E-state index in [4.69, 9.17) is 16.3 Å². The molecule has 0 heterocycles. The molecule has 1 atom stereocenters. The van der Waals surface area contributed by atoms with Crippen LogP contribution in [-0.2, 0) is 15.7 Å². The molecule has 4 rings (SSSR count). The minimum absolute atomic E-state index is 0.0665. The molecule has 1 unspecified atom stereocenters. The van der Waals surface area contributed by atoms with Crippen LogP contribution in [0.5, 0.6) is 0 Å². The Balaban J connectivity index is 1.65. The smallest absolute Gasteiger partial charge is 0.416 e. The van der Waals surface area contributed by atoms with Gasteiger partial charge in [-0.3, -0.25) is 9.59 Å². The van der Waals surface area contributed by atoms with Crippen molar-refractivity contribution >= 4 is 34.9 Å². The molecule has 0 aliphatic rings. The number of benzene rings is 4. The molecule has 5 nitrogen and oxygen atoms in total. The number of amides is 1. The van der Waals surface area contributed by atoms with Crippen LogP contribution in [0.2, 0.25) is 5.02 Å². The van der Waals surface area contributed by atoms with E-state index in [2.05, 4.69) is 5.32 Å². The number of hydrogen-bond donors (Lipinski definition) is 1. The molecule has 0 saturated heterocycles. The molecule has 0 spiro atoms. The summed E-state index contributed by atoms with van der Waals surface area (Å²) in [6.45, 7) is 0. The van der Waals surface area contributed by atoms with E-state index >= 15 is 0 Å². The molecule has 0 radical (unpaired) electrons. The lowest BCUT2D eigenvalue weighted by atomic mass is 9.98. The maximum atomic E-state index is 13.3. The zero-order chi connectivity index (χ0) is 27.3. The van der Waals surface area contributed by atoms with Gasteiger partial charge < -0.3 is 10.1 Å². The van der Waals surface area contributed by atoms with Gasteiger partial charge in [-0.1, -0.05) is 90.5 Å². The molecule has 9 heteroatoms. The quantitative estimate of drug-likeness (QED) is 0.201. The van der Waals surface area contributed by atoms with E-state index in [1.54, 1.807) is 60.7 Å². The van der Waals surface area contributed by atoms with Crippen molar-refractivity contribution in [1.29, 1.82) is 0 Å². The van der Waals surface area contributed by atoms with Crippen LogP contribution in [0.25, 0.3) is 0 Å². The molecule has 0 aromatic heterocycles. The topological polar surface area (TPSA) is 72.5 Å². The number of carbonyl (C=O) groups is 3. The highest BCUT2D eigenvalue weighted by molar-refractivity contribution is 6.33. The zero-order valence-electron chi connectivity index (χ0n) is 19.5. The molecular weight excluding hydrogens is 519 g/mol. The lowest BCUT2D eigenvalue weighted by Crippen LogP contribution is -2.27. The zero-order valence-corrected chi connectivity index (χ0v) is 20.3. The summed E-state index contributed by atoms with van der Waals surface area (Å²) >= 11 is 6.03. The summed E-state index contributed by atoms with van der Waals surface area (Å²) < 4.78 is 45.1. The van der Waals surface area contributed by atoms with Crippen molar-refractivity contribution in [2.45, 2.75) is 12.3 Å². The number of ketones is 1. The van der Waals surface area contributed by atoms with Gasteiger partial charge in [-0.15, -0.1) is 0 Å². The fraction of sp³-hybridized carbons (Fsp3) is 0.0690. The van der Waals surface area contributed by atoms with Crippen molar-refractivity contribution in [3.63, 3.8) is 0 Å². The van der Waals surface area contributed by atoms with E-state index in [-0.39, 0.29) is 27.4 Å². The number of anilines is 1. The first-order valence-corrected chi connectivity index (χ1v) is 11.7. The number of hydrogen-bond acceptors (Lipinski definition) is 4. The summed E-state index contributed by atoms with van der Waals surface area (Å²) in [5.74, 6) is -2.32. The number of alkyl halides is 3. The molecule has 0 bridgehead atoms. The van der Waals surface area contributed by atoms with Crippen molar-refractivity contribution in [3.8, 4) is 0 Å². The SMILES string of the molecule is O=C(OC(C(=O)Nc1cc(C(F)(F)F)ccc1Cl)c1ccccc1)c1ccccc1C(=O)c1ccccc1. The standard InChI is InChI=1S/C29H19ClF3NO4/c30-23-16-15-20(29(31,32)33)17-24(23)34-27(36)26(19-11-5-2-6-12-19)38-28(37)22-14-8-7-13-21(22)25(35)18-9-3-1-4-10-18/h1-17,26H,(H,34,36). The summed E-state index contributed by atoms with van der Waals surface area (Å²) in [6, 6.07) is 24.7. The minimum atomic E-state index is -4.66. The average Bonchev–Trinajstić information content (AvgIpc) is 2.92. The molecule has 0 saturated carbocycles. The van der Waals surface area contributed by atoms with Gasteiger partial charge in [0, 0.05) is 16.7 Å². The first-order valence-electron chi connectivity index (χ1n) is 11.3. The first-order chi connectivity index (χ1) is 18.1. The number of rotatable bonds is 7. The van der Waals surface area contributed by atoms with E-state index in [9.17, 15) is 27.6 Å². The van der Waals surface area contributed by atoms with Gasteiger partial charge in [0.25, 0.3) is 5.91 Å². The van der Waals surface area contributed by atoms with Gasteiger partial charge in [0.05, 0.1) is 21.8 Å². The number of halogens is 4. The van der Waals surface area contributed by atoms with E-state index in [1.807, 2.05) is 0 Å². The van der Waals surface area contributed by atoms with Gasteiger partial charge in [-0.2, -0.15) is 13.2 Å². The van der Waals surface area contributed by atoms with Crippen molar-refractivity contribution in [3.05, 3.63) is 136 Å². The Bertz CT molecular complexity index is 1470. The van der Waals surface area contributed by atoms with E-state index < -0.39 is 35.5 Å². The first kappa shape index (κ1) is 26.6. The summed E-state index contributed by atoms with van der Waals surface area (Å²) in [6.07, 6.45) is -6.22.